The minimum absolute atomic E-state index is 0.134. The third-order valence-electron chi connectivity index (χ3n) is 3.79. The van der Waals surface area contributed by atoms with Gasteiger partial charge in [-0.2, -0.15) is 13.2 Å². The maximum Gasteiger partial charge on any atom is 0.425 e. The van der Waals surface area contributed by atoms with Crippen LogP contribution in [0, 0.1) is 0 Å². The van der Waals surface area contributed by atoms with Crippen LogP contribution in [-0.2, 0) is 14.3 Å². The molecule has 0 saturated carbocycles. The van der Waals surface area contributed by atoms with Crippen LogP contribution in [0.3, 0.4) is 0 Å². The first kappa shape index (κ1) is 17.2. The zero-order valence-corrected chi connectivity index (χ0v) is 13.8. The van der Waals surface area contributed by atoms with Crippen LogP contribution in [0.1, 0.15) is 6.92 Å². The van der Waals surface area contributed by atoms with Gasteiger partial charge < -0.3 is 15.4 Å². The van der Waals surface area contributed by atoms with E-state index >= 15 is 0 Å². The third kappa shape index (κ3) is 2.53. The van der Waals surface area contributed by atoms with Gasteiger partial charge >= 0.3 is 12.1 Å². The third-order valence-corrected chi connectivity index (χ3v) is 4.75. The number of anilines is 1. The molecule has 1 aromatic carbocycles. The second kappa shape index (κ2) is 5.73. The Labute approximate surface area is 143 Å². The van der Waals surface area contributed by atoms with Crippen molar-refractivity contribution < 1.29 is 27.5 Å². The number of amides is 1. The Kier molecular flexibility index (Phi) is 3.94. The number of aromatic nitrogens is 1. The highest BCUT2D eigenvalue weighted by molar-refractivity contribution is 7.22. The Balaban J connectivity index is 2.16. The summed E-state index contributed by atoms with van der Waals surface area (Å²) in [4.78, 5) is 28.3. The number of hydrogen-bond donors (Lipinski definition) is 2. The number of esters is 1. The van der Waals surface area contributed by atoms with Crippen LogP contribution in [0.25, 0.3) is 10.2 Å². The quantitative estimate of drug-likeness (QED) is 0.811. The van der Waals surface area contributed by atoms with Crippen LogP contribution in [-0.4, -0.2) is 35.7 Å². The lowest BCUT2D eigenvalue weighted by Crippen LogP contribution is -2.60. The number of hydrogen-bond acceptors (Lipinski definition) is 6. The van der Waals surface area contributed by atoms with Gasteiger partial charge in [0.2, 0.25) is 5.54 Å². The lowest BCUT2D eigenvalue weighted by molar-refractivity contribution is -0.178. The summed E-state index contributed by atoms with van der Waals surface area (Å²) in [6, 6.07) is 6.73. The second-order valence-corrected chi connectivity index (χ2v) is 6.34. The Morgan fingerprint density at radius 2 is 2.04 bits per heavy atom. The van der Waals surface area contributed by atoms with Gasteiger partial charge in [0, 0.05) is 5.70 Å². The van der Waals surface area contributed by atoms with Crippen LogP contribution in [0.4, 0.5) is 18.3 Å². The van der Waals surface area contributed by atoms with Crippen LogP contribution in [0.15, 0.2) is 35.5 Å². The van der Waals surface area contributed by atoms with E-state index in [2.05, 4.69) is 20.4 Å². The molecule has 0 fully saturated rings. The van der Waals surface area contributed by atoms with Crippen LogP contribution < -0.4 is 10.6 Å². The number of methoxy groups -OCH3 is 1. The minimum atomic E-state index is -5.10. The number of allylic oxidation sites excluding steroid dienone is 1. The number of carbonyl (C=O) groups excluding carboxylic acids is 2. The molecule has 6 nitrogen and oxygen atoms in total. The number of thiazole rings is 1. The Morgan fingerprint density at radius 1 is 1.36 bits per heavy atom. The van der Waals surface area contributed by atoms with E-state index in [4.69, 9.17) is 0 Å². The van der Waals surface area contributed by atoms with Crippen molar-refractivity contribution in [2.75, 3.05) is 12.4 Å². The molecule has 1 aliphatic heterocycles. The summed E-state index contributed by atoms with van der Waals surface area (Å²) in [7, 11) is 0.949. The lowest BCUT2D eigenvalue weighted by atomic mass is 9.89. The molecule has 10 heteroatoms. The molecule has 0 aliphatic carbocycles. The average molecular weight is 371 g/mol. The number of nitrogens with one attached hydrogen (secondary N) is 2. The van der Waals surface area contributed by atoms with Gasteiger partial charge in [-0.3, -0.25) is 4.79 Å². The fraction of sp³-hybridized carbons (Fsp3) is 0.267. The molecule has 2 heterocycles. The van der Waals surface area contributed by atoms with E-state index in [1.807, 2.05) is 0 Å². The van der Waals surface area contributed by atoms with Crippen molar-refractivity contribution in [1.82, 2.24) is 10.3 Å². The molecule has 1 atom stereocenters. The Hall–Kier alpha value is -2.62. The summed E-state index contributed by atoms with van der Waals surface area (Å²) < 4.78 is 46.9. The molecule has 0 radical (unpaired) electrons. The van der Waals surface area contributed by atoms with E-state index in [0.29, 0.717) is 10.2 Å². The maximum absolute atomic E-state index is 13.9. The van der Waals surface area contributed by atoms with Gasteiger partial charge in [0.1, 0.15) is 5.57 Å². The summed E-state index contributed by atoms with van der Waals surface area (Å²) in [5.41, 5.74) is -3.83. The molecular weight excluding hydrogens is 359 g/mol. The fourth-order valence-electron chi connectivity index (χ4n) is 2.68. The van der Waals surface area contributed by atoms with Gasteiger partial charge in [-0.1, -0.05) is 23.5 Å². The number of fused-ring (bicyclic) bond motifs is 1. The first-order chi connectivity index (χ1) is 11.7. The van der Waals surface area contributed by atoms with Crippen LogP contribution >= 0.6 is 11.3 Å². The first-order valence-electron chi connectivity index (χ1n) is 7.02. The Morgan fingerprint density at radius 3 is 2.64 bits per heavy atom. The minimum Gasteiger partial charge on any atom is -0.466 e. The summed E-state index contributed by atoms with van der Waals surface area (Å²) >= 11 is 0.946. The van der Waals surface area contributed by atoms with Gasteiger partial charge in [-0.05, 0) is 19.1 Å². The summed E-state index contributed by atoms with van der Waals surface area (Å²) in [5.74, 6) is -2.65. The average Bonchev–Trinajstić information content (AvgIpc) is 3.05. The number of para-hydroxylation sites is 1. The van der Waals surface area contributed by atoms with E-state index in [0.717, 1.165) is 18.4 Å². The van der Waals surface area contributed by atoms with Gasteiger partial charge in [0.05, 0.1) is 17.3 Å². The molecule has 132 valence electrons. The van der Waals surface area contributed by atoms with Crippen molar-refractivity contribution in [3.05, 3.63) is 35.5 Å². The highest BCUT2D eigenvalue weighted by Gasteiger charge is 2.68. The van der Waals surface area contributed by atoms with Crippen molar-refractivity contribution in [2.45, 2.75) is 18.6 Å². The molecule has 0 spiro atoms. The smallest absolute Gasteiger partial charge is 0.425 e. The zero-order chi connectivity index (χ0) is 18.4. The molecular formula is C15H12F3N3O3S. The molecule has 1 amide bonds. The van der Waals surface area contributed by atoms with Gasteiger partial charge in [0.25, 0.3) is 5.91 Å². The number of alkyl halides is 3. The molecule has 0 saturated heterocycles. The molecule has 3 rings (SSSR count). The molecule has 2 N–H and O–H groups in total. The molecule has 1 aliphatic rings. The highest BCUT2D eigenvalue weighted by Crippen LogP contribution is 2.44. The molecule has 2 aromatic rings. The standard InChI is InChI=1S/C15H12F3N3O3S/c1-7-10(11(22)24-2)14(12(23)19-7,15(16,17)18)21-13-20-8-5-3-4-6-9(8)25-13/h3-6H,1-2H3,(H,19,23)(H,20,21)/t14-/m0/s1. The SMILES string of the molecule is COC(=O)C1=C(C)NC(=O)[C@]1(Nc1nc2ccccc2s1)C(F)(F)F. The molecule has 0 bridgehead atoms. The van der Waals surface area contributed by atoms with Crippen molar-refractivity contribution >= 4 is 38.6 Å². The first-order valence-corrected chi connectivity index (χ1v) is 7.84. The van der Waals surface area contributed by atoms with E-state index in [1.165, 1.54) is 6.92 Å². The molecule has 0 unspecified atom stereocenters. The number of ether oxygens (including phenoxy) is 1. The van der Waals surface area contributed by atoms with Gasteiger partial charge in [0.15, 0.2) is 5.13 Å². The van der Waals surface area contributed by atoms with Crippen LogP contribution in [0.5, 0.6) is 0 Å². The number of rotatable bonds is 3. The summed E-state index contributed by atoms with van der Waals surface area (Å²) in [6.07, 6.45) is -5.10. The van der Waals surface area contributed by atoms with Crippen LogP contribution in [0.2, 0.25) is 0 Å². The number of carbonyl (C=O) groups is 2. The lowest BCUT2D eigenvalue weighted by Gasteiger charge is -2.31. The number of nitrogens with zero attached hydrogens (tertiary/aromatic N) is 1. The van der Waals surface area contributed by atoms with E-state index < -0.39 is 29.2 Å². The molecule has 1 aromatic heterocycles. The summed E-state index contributed by atoms with van der Waals surface area (Å²) in [6.45, 7) is 1.21. The van der Waals surface area contributed by atoms with Gasteiger partial charge in [-0.15, -0.1) is 0 Å². The van der Waals surface area contributed by atoms with Crippen molar-refractivity contribution in [3.63, 3.8) is 0 Å². The van der Waals surface area contributed by atoms with E-state index in [-0.39, 0.29) is 10.8 Å². The normalized spacial score (nSPS) is 20.8. The Bertz CT molecular complexity index is 873. The van der Waals surface area contributed by atoms with E-state index in [1.54, 1.807) is 24.3 Å². The number of benzene rings is 1. The maximum atomic E-state index is 13.9. The van der Waals surface area contributed by atoms with Crippen molar-refractivity contribution in [2.24, 2.45) is 0 Å². The topological polar surface area (TPSA) is 80.3 Å². The zero-order valence-electron chi connectivity index (χ0n) is 13.0. The number of halogens is 3. The predicted molar refractivity (Wildman–Crippen MR) is 84.9 cm³/mol. The predicted octanol–water partition coefficient (Wildman–Crippen LogP) is 2.59. The highest BCUT2D eigenvalue weighted by atomic mass is 32.1. The van der Waals surface area contributed by atoms with Crippen molar-refractivity contribution in [1.29, 1.82) is 0 Å². The molecule has 25 heavy (non-hydrogen) atoms. The largest absolute Gasteiger partial charge is 0.466 e. The van der Waals surface area contributed by atoms with Crippen molar-refractivity contribution in [3.8, 4) is 0 Å². The van der Waals surface area contributed by atoms with E-state index in [9.17, 15) is 22.8 Å². The summed E-state index contributed by atoms with van der Waals surface area (Å²) in [5, 5.41) is 4.07. The second-order valence-electron chi connectivity index (χ2n) is 5.31. The fourth-order valence-corrected chi connectivity index (χ4v) is 3.60. The monoisotopic (exact) mass is 371 g/mol. The van der Waals surface area contributed by atoms with Gasteiger partial charge in [-0.25, -0.2) is 9.78 Å².